The van der Waals surface area contributed by atoms with E-state index in [4.69, 9.17) is 23.2 Å². The molecule has 1 aromatic heterocycles. The highest BCUT2D eigenvalue weighted by atomic mass is 79.9. The molecule has 0 fully saturated rings. The van der Waals surface area contributed by atoms with Crippen LogP contribution in [-0.2, 0) is 0 Å². The van der Waals surface area contributed by atoms with E-state index in [0.717, 1.165) is 10.0 Å². The normalized spacial score (nSPS) is 10.6. The SMILES string of the molecule is Cc1cc(C(=O)c2ccc(Br)c(Cl)c2)sc1Cl. The molecule has 2 aromatic rings. The van der Waals surface area contributed by atoms with E-state index in [2.05, 4.69) is 15.9 Å². The smallest absolute Gasteiger partial charge is 0.203 e. The van der Waals surface area contributed by atoms with Crippen molar-refractivity contribution in [2.45, 2.75) is 6.92 Å². The fourth-order valence-electron chi connectivity index (χ4n) is 1.35. The van der Waals surface area contributed by atoms with E-state index >= 15 is 0 Å². The van der Waals surface area contributed by atoms with Crippen molar-refractivity contribution in [1.82, 2.24) is 0 Å². The van der Waals surface area contributed by atoms with Crippen LogP contribution in [0.1, 0.15) is 20.8 Å². The monoisotopic (exact) mass is 348 g/mol. The van der Waals surface area contributed by atoms with Crippen molar-refractivity contribution in [2.24, 2.45) is 0 Å². The maximum Gasteiger partial charge on any atom is 0.203 e. The van der Waals surface area contributed by atoms with Crippen LogP contribution in [0.2, 0.25) is 9.36 Å². The molecule has 5 heteroatoms. The van der Waals surface area contributed by atoms with Gasteiger partial charge in [0.2, 0.25) is 5.78 Å². The molecule has 0 aliphatic rings. The van der Waals surface area contributed by atoms with Crippen LogP contribution in [0.25, 0.3) is 0 Å². The first-order valence-electron chi connectivity index (χ1n) is 4.74. The van der Waals surface area contributed by atoms with Gasteiger partial charge in [-0.3, -0.25) is 4.79 Å². The Balaban J connectivity index is 2.40. The lowest BCUT2D eigenvalue weighted by Gasteiger charge is -2.00. The number of rotatable bonds is 2. The summed E-state index contributed by atoms with van der Waals surface area (Å²) in [5, 5.41) is 0.523. The van der Waals surface area contributed by atoms with Crippen LogP contribution in [0, 0.1) is 6.92 Å². The zero-order chi connectivity index (χ0) is 12.6. The maximum atomic E-state index is 12.2. The molecule has 0 aliphatic carbocycles. The van der Waals surface area contributed by atoms with E-state index in [1.165, 1.54) is 11.3 Å². The summed E-state index contributed by atoms with van der Waals surface area (Å²) >= 11 is 16.5. The van der Waals surface area contributed by atoms with Crippen LogP contribution in [0.15, 0.2) is 28.7 Å². The van der Waals surface area contributed by atoms with Crippen molar-refractivity contribution in [3.05, 3.63) is 54.1 Å². The number of hydrogen-bond donors (Lipinski definition) is 0. The fraction of sp³-hybridized carbons (Fsp3) is 0.0833. The summed E-state index contributed by atoms with van der Waals surface area (Å²) in [4.78, 5) is 12.8. The molecular weight excluding hydrogens is 343 g/mol. The third kappa shape index (κ3) is 2.74. The van der Waals surface area contributed by atoms with Gasteiger partial charge in [-0.15, -0.1) is 11.3 Å². The number of aryl methyl sites for hydroxylation is 1. The summed E-state index contributed by atoms with van der Waals surface area (Å²) in [6, 6.07) is 6.95. The number of hydrogen-bond acceptors (Lipinski definition) is 2. The average Bonchev–Trinajstić information content (AvgIpc) is 2.62. The van der Waals surface area contributed by atoms with Gasteiger partial charge < -0.3 is 0 Å². The van der Waals surface area contributed by atoms with Gasteiger partial charge in [-0.25, -0.2) is 0 Å². The van der Waals surface area contributed by atoms with Crippen LogP contribution in [0.5, 0.6) is 0 Å². The minimum Gasteiger partial charge on any atom is -0.288 e. The molecular formula is C12H7BrCl2OS. The molecule has 0 atom stereocenters. The number of benzene rings is 1. The highest BCUT2D eigenvalue weighted by molar-refractivity contribution is 9.10. The zero-order valence-corrected chi connectivity index (χ0v) is 12.7. The first-order valence-corrected chi connectivity index (χ1v) is 7.11. The summed E-state index contributed by atoms with van der Waals surface area (Å²) in [5.41, 5.74) is 1.49. The molecule has 17 heavy (non-hydrogen) atoms. The van der Waals surface area contributed by atoms with E-state index in [-0.39, 0.29) is 5.78 Å². The fourth-order valence-corrected chi connectivity index (χ4v) is 2.94. The van der Waals surface area contributed by atoms with Crippen molar-refractivity contribution >= 4 is 56.3 Å². The third-order valence-corrected chi connectivity index (χ3v) is 5.05. The predicted octanol–water partition coefficient (Wildman–Crippen LogP) is 5.36. The van der Waals surface area contributed by atoms with Gasteiger partial charge in [0.15, 0.2) is 0 Å². The van der Waals surface area contributed by atoms with Gasteiger partial charge in [0.25, 0.3) is 0 Å². The Morgan fingerprint density at radius 1 is 1.29 bits per heavy atom. The maximum absolute atomic E-state index is 12.2. The highest BCUT2D eigenvalue weighted by Crippen LogP contribution is 2.30. The van der Waals surface area contributed by atoms with Gasteiger partial charge in [-0.2, -0.15) is 0 Å². The topological polar surface area (TPSA) is 17.1 Å². The molecule has 88 valence electrons. The number of carbonyl (C=O) groups is 1. The van der Waals surface area contributed by atoms with Gasteiger partial charge in [0.1, 0.15) is 0 Å². The summed E-state index contributed by atoms with van der Waals surface area (Å²) in [7, 11) is 0. The summed E-state index contributed by atoms with van der Waals surface area (Å²) in [6.07, 6.45) is 0. The zero-order valence-electron chi connectivity index (χ0n) is 8.76. The first kappa shape index (κ1) is 13.1. The first-order chi connectivity index (χ1) is 7.99. The lowest BCUT2D eigenvalue weighted by molar-refractivity contribution is 0.104. The van der Waals surface area contributed by atoms with Crippen LogP contribution < -0.4 is 0 Å². The Morgan fingerprint density at radius 3 is 2.53 bits per heavy atom. The predicted molar refractivity (Wildman–Crippen MR) is 76.7 cm³/mol. The highest BCUT2D eigenvalue weighted by Gasteiger charge is 2.14. The molecule has 0 spiro atoms. The molecule has 0 saturated carbocycles. The molecule has 0 radical (unpaired) electrons. The molecule has 1 aromatic carbocycles. The number of carbonyl (C=O) groups excluding carboxylic acids is 1. The lowest BCUT2D eigenvalue weighted by atomic mass is 10.1. The van der Waals surface area contributed by atoms with Crippen molar-refractivity contribution in [2.75, 3.05) is 0 Å². The van der Waals surface area contributed by atoms with Crippen molar-refractivity contribution in [3.8, 4) is 0 Å². The molecule has 0 N–H and O–H groups in total. The standard InChI is InChI=1S/C12H7BrCl2OS/c1-6-4-10(17-12(6)15)11(16)7-2-3-8(13)9(14)5-7/h2-5H,1H3. The van der Waals surface area contributed by atoms with Crippen molar-refractivity contribution < 1.29 is 4.79 Å². The van der Waals surface area contributed by atoms with E-state index in [1.807, 2.05) is 6.92 Å². The van der Waals surface area contributed by atoms with Crippen LogP contribution >= 0.6 is 50.5 Å². The summed E-state index contributed by atoms with van der Waals surface area (Å²) in [5.74, 6) is -0.0561. The number of ketones is 1. The molecule has 0 unspecified atom stereocenters. The molecule has 2 rings (SSSR count). The second-order valence-corrected chi connectivity index (χ2v) is 6.44. The quantitative estimate of drug-likeness (QED) is 0.667. The van der Waals surface area contributed by atoms with Crippen LogP contribution in [-0.4, -0.2) is 5.78 Å². The van der Waals surface area contributed by atoms with Gasteiger partial charge >= 0.3 is 0 Å². The van der Waals surface area contributed by atoms with E-state index in [0.29, 0.717) is 19.8 Å². The van der Waals surface area contributed by atoms with Gasteiger partial charge in [0, 0.05) is 10.0 Å². The largest absolute Gasteiger partial charge is 0.288 e. The number of thiophene rings is 1. The Morgan fingerprint density at radius 2 is 2.00 bits per heavy atom. The Hall–Kier alpha value is -0.350. The lowest BCUT2D eigenvalue weighted by Crippen LogP contribution is -1.98. The second-order valence-electron chi connectivity index (χ2n) is 3.53. The average molecular weight is 350 g/mol. The third-order valence-electron chi connectivity index (χ3n) is 2.26. The molecule has 0 saturated heterocycles. The van der Waals surface area contributed by atoms with Gasteiger partial charge in [0.05, 0.1) is 14.2 Å². The molecule has 0 amide bonds. The summed E-state index contributed by atoms with van der Waals surface area (Å²) < 4.78 is 1.42. The van der Waals surface area contributed by atoms with Gasteiger partial charge in [-0.05, 0) is 52.7 Å². The van der Waals surface area contributed by atoms with Gasteiger partial charge in [-0.1, -0.05) is 23.2 Å². The van der Waals surface area contributed by atoms with Crippen molar-refractivity contribution in [3.63, 3.8) is 0 Å². The Labute approximate surface area is 121 Å². The van der Waals surface area contributed by atoms with Crippen LogP contribution in [0.4, 0.5) is 0 Å². The molecule has 0 bridgehead atoms. The molecule has 0 aliphatic heterocycles. The Kier molecular flexibility index (Phi) is 3.93. The van der Waals surface area contributed by atoms with E-state index in [1.54, 1.807) is 24.3 Å². The second kappa shape index (κ2) is 5.11. The van der Waals surface area contributed by atoms with Crippen molar-refractivity contribution in [1.29, 1.82) is 0 Å². The minimum absolute atomic E-state index is 0.0561. The van der Waals surface area contributed by atoms with E-state index < -0.39 is 0 Å². The number of halogens is 3. The van der Waals surface area contributed by atoms with E-state index in [9.17, 15) is 4.79 Å². The van der Waals surface area contributed by atoms with Crippen LogP contribution in [0.3, 0.4) is 0 Å². The minimum atomic E-state index is -0.0561. The molecule has 1 nitrogen and oxygen atoms in total. The Bertz CT molecular complexity index is 573. The summed E-state index contributed by atoms with van der Waals surface area (Å²) in [6.45, 7) is 1.88. The molecule has 1 heterocycles.